The molecule has 3 aromatic rings. The van der Waals surface area contributed by atoms with Crippen LogP contribution in [0.25, 0.3) is 10.2 Å². The minimum Gasteiger partial charge on any atom is -0.241 e. The van der Waals surface area contributed by atoms with E-state index in [9.17, 15) is 0 Å². The minimum atomic E-state index is 0.332. The van der Waals surface area contributed by atoms with Gasteiger partial charge in [0.05, 0.1) is 15.2 Å². The highest BCUT2D eigenvalue weighted by Gasteiger charge is 2.15. The van der Waals surface area contributed by atoms with Crippen LogP contribution in [0.4, 0.5) is 0 Å². The van der Waals surface area contributed by atoms with Crippen LogP contribution in [0.2, 0.25) is 0 Å². The monoisotopic (exact) mass is 301 g/mol. The third-order valence-corrected chi connectivity index (χ3v) is 5.00. The Labute approximate surface area is 128 Å². The van der Waals surface area contributed by atoms with Crippen LogP contribution in [0.5, 0.6) is 0 Å². The van der Waals surface area contributed by atoms with Crippen molar-refractivity contribution in [2.75, 3.05) is 5.88 Å². The fourth-order valence-electron chi connectivity index (χ4n) is 2.51. The van der Waals surface area contributed by atoms with Crippen molar-refractivity contribution in [3.8, 4) is 0 Å². The summed E-state index contributed by atoms with van der Waals surface area (Å²) in [6.45, 7) is 2.15. The summed E-state index contributed by atoms with van der Waals surface area (Å²) in [5, 5.41) is 1.17. The lowest BCUT2D eigenvalue weighted by atomic mass is 9.94. The van der Waals surface area contributed by atoms with Gasteiger partial charge in [0, 0.05) is 18.2 Å². The maximum absolute atomic E-state index is 6.20. The molecule has 0 spiro atoms. The Hall–Kier alpha value is -1.38. The SMILES string of the molecule is Cc1ccccc1C(CCl)Cc1nc2ccccc2s1. The largest absolute Gasteiger partial charge is 0.241 e. The third kappa shape index (κ3) is 2.72. The summed E-state index contributed by atoms with van der Waals surface area (Å²) in [4.78, 5) is 4.72. The molecule has 1 unspecified atom stereocenters. The number of benzene rings is 2. The first-order chi connectivity index (χ1) is 9.78. The van der Waals surface area contributed by atoms with Gasteiger partial charge in [0.1, 0.15) is 0 Å². The molecule has 1 heterocycles. The number of hydrogen-bond donors (Lipinski definition) is 0. The molecule has 1 nitrogen and oxygen atoms in total. The summed E-state index contributed by atoms with van der Waals surface area (Å²) >= 11 is 7.97. The van der Waals surface area contributed by atoms with Gasteiger partial charge in [0.25, 0.3) is 0 Å². The Kier molecular flexibility index (Phi) is 4.04. The molecule has 3 heteroatoms. The molecule has 0 fully saturated rings. The number of aromatic nitrogens is 1. The Bertz CT molecular complexity index is 687. The van der Waals surface area contributed by atoms with E-state index in [0.717, 1.165) is 11.9 Å². The number of nitrogens with zero attached hydrogens (tertiary/aromatic N) is 1. The number of rotatable bonds is 4. The Morgan fingerprint density at radius 3 is 2.60 bits per heavy atom. The molecule has 0 saturated carbocycles. The second-order valence-electron chi connectivity index (χ2n) is 4.99. The predicted octanol–water partition coefficient (Wildman–Crippen LogP) is 5.17. The van der Waals surface area contributed by atoms with E-state index in [-0.39, 0.29) is 0 Å². The number of aryl methyl sites for hydroxylation is 1. The van der Waals surface area contributed by atoms with Crippen molar-refractivity contribution in [3.05, 3.63) is 64.7 Å². The number of alkyl halides is 1. The molecule has 0 aliphatic carbocycles. The van der Waals surface area contributed by atoms with E-state index in [4.69, 9.17) is 16.6 Å². The number of hydrogen-bond acceptors (Lipinski definition) is 2. The molecule has 0 amide bonds. The molecular weight excluding hydrogens is 286 g/mol. The Balaban J connectivity index is 1.90. The van der Waals surface area contributed by atoms with Crippen LogP contribution in [0.1, 0.15) is 22.1 Å². The normalized spacial score (nSPS) is 12.7. The van der Waals surface area contributed by atoms with Gasteiger partial charge in [0.2, 0.25) is 0 Å². The smallest absolute Gasteiger partial charge is 0.0945 e. The summed E-state index contributed by atoms with van der Waals surface area (Å²) in [7, 11) is 0. The highest BCUT2D eigenvalue weighted by Crippen LogP contribution is 2.29. The molecule has 1 aromatic heterocycles. The van der Waals surface area contributed by atoms with Crippen molar-refractivity contribution in [3.63, 3.8) is 0 Å². The predicted molar refractivity (Wildman–Crippen MR) is 88.0 cm³/mol. The van der Waals surface area contributed by atoms with E-state index in [2.05, 4.69) is 49.4 Å². The van der Waals surface area contributed by atoms with Gasteiger partial charge in [-0.05, 0) is 30.2 Å². The molecule has 1 atom stereocenters. The number of para-hydroxylation sites is 1. The van der Waals surface area contributed by atoms with Gasteiger partial charge >= 0.3 is 0 Å². The standard InChI is InChI=1S/C17H16ClNS/c1-12-6-2-3-7-14(12)13(11-18)10-17-19-15-8-4-5-9-16(15)20-17/h2-9,13H,10-11H2,1H3. The van der Waals surface area contributed by atoms with Gasteiger partial charge in [-0.3, -0.25) is 0 Å². The van der Waals surface area contributed by atoms with Gasteiger partial charge in [-0.2, -0.15) is 0 Å². The van der Waals surface area contributed by atoms with E-state index in [1.54, 1.807) is 11.3 Å². The van der Waals surface area contributed by atoms with E-state index < -0.39 is 0 Å². The number of fused-ring (bicyclic) bond motifs is 1. The van der Waals surface area contributed by atoms with E-state index in [0.29, 0.717) is 11.8 Å². The fourth-order valence-corrected chi connectivity index (χ4v) is 3.83. The molecule has 2 aromatic carbocycles. The Morgan fingerprint density at radius 1 is 1.10 bits per heavy atom. The van der Waals surface area contributed by atoms with E-state index in [1.165, 1.54) is 20.8 Å². The minimum absolute atomic E-state index is 0.332. The third-order valence-electron chi connectivity index (χ3n) is 3.57. The van der Waals surface area contributed by atoms with Gasteiger partial charge in [-0.1, -0.05) is 36.4 Å². The van der Waals surface area contributed by atoms with Crippen LogP contribution < -0.4 is 0 Å². The molecule has 0 radical (unpaired) electrons. The Morgan fingerprint density at radius 2 is 1.85 bits per heavy atom. The molecule has 0 N–H and O–H groups in total. The highest BCUT2D eigenvalue weighted by molar-refractivity contribution is 7.18. The lowest BCUT2D eigenvalue weighted by molar-refractivity contribution is 0.757. The second kappa shape index (κ2) is 5.94. The lowest BCUT2D eigenvalue weighted by Crippen LogP contribution is -2.06. The lowest BCUT2D eigenvalue weighted by Gasteiger charge is -2.15. The maximum Gasteiger partial charge on any atom is 0.0945 e. The van der Waals surface area contributed by atoms with Crippen molar-refractivity contribution in [2.24, 2.45) is 0 Å². The molecule has 20 heavy (non-hydrogen) atoms. The summed E-state index contributed by atoms with van der Waals surface area (Å²) in [5.41, 5.74) is 3.73. The molecule has 3 rings (SSSR count). The van der Waals surface area contributed by atoms with Crippen molar-refractivity contribution in [2.45, 2.75) is 19.3 Å². The molecule has 102 valence electrons. The first-order valence-electron chi connectivity index (χ1n) is 6.74. The summed E-state index contributed by atoms with van der Waals surface area (Å²) in [6.07, 6.45) is 0.910. The second-order valence-corrected chi connectivity index (χ2v) is 6.41. The van der Waals surface area contributed by atoms with Gasteiger partial charge in [-0.15, -0.1) is 22.9 Å². The summed E-state index contributed by atoms with van der Waals surface area (Å²) in [6, 6.07) is 16.8. The highest BCUT2D eigenvalue weighted by atomic mass is 35.5. The van der Waals surface area contributed by atoms with Crippen LogP contribution in [0.15, 0.2) is 48.5 Å². The van der Waals surface area contributed by atoms with Crippen LogP contribution >= 0.6 is 22.9 Å². The molecular formula is C17H16ClNS. The topological polar surface area (TPSA) is 12.9 Å². The van der Waals surface area contributed by atoms with Gasteiger partial charge in [-0.25, -0.2) is 4.98 Å². The first-order valence-corrected chi connectivity index (χ1v) is 8.09. The summed E-state index contributed by atoms with van der Waals surface area (Å²) < 4.78 is 1.25. The fraction of sp³-hybridized carbons (Fsp3) is 0.235. The van der Waals surface area contributed by atoms with Crippen molar-refractivity contribution in [1.82, 2.24) is 4.98 Å². The van der Waals surface area contributed by atoms with Crippen molar-refractivity contribution < 1.29 is 0 Å². The average molecular weight is 302 g/mol. The molecule has 0 bridgehead atoms. The molecule has 0 aliphatic heterocycles. The van der Waals surface area contributed by atoms with E-state index >= 15 is 0 Å². The molecule has 0 saturated heterocycles. The van der Waals surface area contributed by atoms with Crippen LogP contribution in [-0.4, -0.2) is 10.9 Å². The zero-order chi connectivity index (χ0) is 13.9. The zero-order valence-corrected chi connectivity index (χ0v) is 12.9. The van der Waals surface area contributed by atoms with Crippen molar-refractivity contribution in [1.29, 1.82) is 0 Å². The van der Waals surface area contributed by atoms with Gasteiger partial charge < -0.3 is 0 Å². The van der Waals surface area contributed by atoms with Crippen LogP contribution in [0.3, 0.4) is 0 Å². The first kappa shape index (κ1) is 13.6. The average Bonchev–Trinajstić information content (AvgIpc) is 2.88. The van der Waals surface area contributed by atoms with Crippen molar-refractivity contribution >= 4 is 33.2 Å². The number of halogens is 1. The maximum atomic E-state index is 6.20. The van der Waals surface area contributed by atoms with Gasteiger partial charge in [0.15, 0.2) is 0 Å². The van der Waals surface area contributed by atoms with Crippen LogP contribution in [-0.2, 0) is 6.42 Å². The quantitative estimate of drug-likeness (QED) is 0.606. The van der Waals surface area contributed by atoms with E-state index in [1.807, 2.05) is 6.07 Å². The number of thiazole rings is 1. The molecule has 0 aliphatic rings. The van der Waals surface area contributed by atoms with Crippen LogP contribution in [0, 0.1) is 6.92 Å². The zero-order valence-electron chi connectivity index (χ0n) is 11.3. The summed E-state index contributed by atoms with van der Waals surface area (Å²) in [5.74, 6) is 0.958.